The van der Waals surface area contributed by atoms with E-state index in [0.29, 0.717) is 12.2 Å². The monoisotopic (exact) mass is 298 g/mol. The lowest BCUT2D eigenvalue weighted by atomic mass is 10.1. The number of hydrogen-bond donors (Lipinski definition) is 1. The van der Waals surface area contributed by atoms with Crippen LogP contribution in [0.5, 0.6) is 0 Å². The molecular weight excluding hydrogens is 283 g/mol. The summed E-state index contributed by atoms with van der Waals surface area (Å²) in [6.45, 7) is 2.47. The van der Waals surface area contributed by atoms with Gasteiger partial charge in [0, 0.05) is 18.0 Å². The number of hydrogen-bond acceptors (Lipinski definition) is 3. The summed E-state index contributed by atoms with van der Waals surface area (Å²) >= 11 is 7.39. The minimum absolute atomic E-state index is 0.162. The summed E-state index contributed by atoms with van der Waals surface area (Å²) in [5, 5.41) is 0. The molecule has 0 saturated carbocycles. The van der Waals surface area contributed by atoms with Gasteiger partial charge in [0.05, 0.1) is 16.6 Å². The molecule has 1 unspecified atom stereocenters. The molecule has 0 bridgehead atoms. The molecule has 0 aliphatic heterocycles. The predicted molar refractivity (Wildman–Crippen MR) is 80.4 cm³/mol. The van der Waals surface area contributed by atoms with Crippen LogP contribution in [0.4, 0.5) is 10.1 Å². The molecule has 1 aromatic carbocycles. The molecule has 1 aromatic heterocycles. The first-order valence-corrected chi connectivity index (χ1v) is 7.17. The molecule has 0 aliphatic carbocycles. The Morgan fingerprint density at radius 1 is 1.37 bits per heavy atom. The van der Waals surface area contributed by atoms with Crippen molar-refractivity contribution < 1.29 is 4.39 Å². The number of anilines is 1. The Bertz CT molecular complexity index is 568. The number of thiophene rings is 1. The maximum Gasteiger partial charge on any atom is 0.146 e. The van der Waals surface area contributed by atoms with E-state index in [4.69, 9.17) is 17.3 Å². The van der Waals surface area contributed by atoms with Gasteiger partial charge < -0.3 is 10.6 Å². The molecule has 2 aromatic rings. The number of benzene rings is 1. The molecule has 19 heavy (non-hydrogen) atoms. The van der Waals surface area contributed by atoms with E-state index in [0.717, 1.165) is 14.8 Å². The fourth-order valence-corrected chi connectivity index (χ4v) is 3.01. The van der Waals surface area contributed by atoms with E-state index in [1.807, 2.05) is 37.1 Å². The number of halogens is 2. The van der Waals surface area contributed by atoms with Crippen molar-refractivity contribution in [3.63, 3.8) is 0 Å². The minimum Gasteiger partial charge on any atom is -0.367 e. The first-order valence-electron chi connectivity index (χ1n) is 5.97. The van der Waals surface area contributed by atoms with Gasteiger partial charge in [-0.1, -0.05) is 17.7 Å². The fourth-order valence-electron chi connectivity index (χ4n) is 1.87. The molecule has 2 nitrogen and oxygen atoms in total. The highest BCUT2D eigenvalue weighted by Crippen LogP contribution is 2.26. The Morgan fingerprint density at radius 2 is 2.11 bits per heavy atom. The van der Waals surface area contributed by atoms with Crippen LogP contribution in [0.25, 0.3) is 0 Å². The predicted octanol–water partition coefficient (Wildman–Crippen LogP) is 4.20. The Morgan fingerprint density at radius 3 is 2.63 bits per heavy atom. The maximum atomic E-state index is 14.0. The second-order valence-corrected chi connectivity index (χ2v) is 6.36. The van der Waals surface area contributed by atoms with Gasteiger partial charge in [0.15, 0.2) is 0 Å². The van der Waals surface area contributed by atoms with Crippen molar-refractivity contribution in [1.29, 1.82) is 0 Å². The molecule has 0 amide bonds. The van der Waals surface area contributed by atoms with Crippen LogP contribution < -0.4 is 10.6 Å². The van der Waals surface area contributed by atoms with Crippen LogP contribution in [0.15, 0.2) is 30.3 Å². The second kappa shape index (κ2) is 5.90. The zero-order valence-electron chi connectivity index (χ0n) is 10.9. The van der Waals surface area contributed by atoms with Crippen molar-refractivity contribution in [3.8, 4) is 0 Å². The van der Waals surface area contributed by atoms with Crippen molar-refractivity contribution in [2.45, 2.75) is 19.5 Å². The van der Waals surface area contributed by atoms with Crippen LogP contribution in [0.3, 0.4) is 0 Å². The van der Waals surface area contributed by atoms with E-state index in [1.54, 1.807) is 6.07 Å². The van der Waals surface area contributed by atoms with Crippen LogP contribution >= 0.6 is 22.9 Å². The van der Waals surface area contributed by atoms with Gasteiger partial charge in [-0.25, -0.2) is 4.39 Å². The van der Waals surface area contributed by atoms with Crippen molar-refractivity contribution in [2.24, 2.45) is 5.73 Å². The van der Waals surface area contributed by atoms with E-state index in [2.05, 4.69) is 0 Å². The molecule has 102 valence electrons. The molecule has 5 heteroatoms. The zero-order valence-corrected chi connectivity index (χ0v) is 12.4. The summed E-state index contributed by atoms with van der Waals surface area (Å²) in [6, 6.07) is 8.77. The summed E-state index contributed by atoms with van der Waals surface area (Å²) in [4.78, 5) is 2.96. The molecule has 1 heterocycles. The van der Waals surface area contributed by atoms with Gasteiger partial charge in [0.25, 0.3) is 0 Å². The molecule has 2 rings (SSSR count). The molecule has 2 N–H and O–H groups in total. The summed E-state index contributed by atoms with van der Waals surface area (Å²) < 4.78 is 14.8. The lowest BCUT2D eigenvalue weighted by Crippen LogP contribution is -2.17. The standard InChI is InChI=1S/C14H16ClFN2S/c1-9(17)10-3-5-13(12(16)7-10)18(2)8-11-4-6-14(15)19-11/h3-7,9H,8,17H2,1-2H3. The number of rotatable bonds is 4. The van der Waals surface area contributed by atoms with E-state index in [9.17, 15) is 4.39 Å². The van der Waals surface area contributed by atoms with Crippen LogP contribution in [0.1, 0.15) is 23.4 Å². The Kier molecular flexibility index (Phi) is 4.45. The molecule has 0 spiro atoms. The lowest BCUT2D eigenvalue weighted by molar-refractivity contribution is 0.617. The van der Waals surface area contributed by atoms with Gasteiger partial charge in [-0.15, -0.1) is 11.3 Å². The van der Waals surface area contributed by atoms with Crippen LogP contribution in [0, 0.1) is 5.82 Å². The third-order valence-corrected chi connectivity index (χ3v) is 4.15. The van der Waals surface area contributed by atoms with Crippen molar-refractivity contribution in [1.82, 2.24) is 0 Å². The highest BCUT2D eigenvalue weighted by atomic mass is 35.5. The van der Waals surface area contributed by atoms with Crippen LogP contribution in [-0.4, -0.2) is 7.05 Å². The van der Waals surface area contributed by atoms with Crippen molar-refractivity contribution >= 4 is 28.6 Å². The Balaban J connectivity index is 2.17. The van der Waals surface area contributed by atoms with E-state index in [-0.39, 0.29) is 11.9 Å². The second-order valence-electron chi connectivity index (χ2n) is 4.56. The molecule has 0 radical (unpaired) electrons. The topological polar surface area (TPSA) is 29.3 Å². The lowest BCUT2D eigenvalue weighted by Gasteiger charge is -2.20. The minimum atomic E-state index is -0.250. The largest absolute Gasteiger partial charge is 0.367 e. The molecule has 0 fully saturated rings. The van der Waals surface area contributed by atoms with Crippen LogP contribution in [0.2, 0.25) is 4.34 Å². The van der Waals surface area contributed by atoms with Gasteiger partial charge in [-0.3, -0.25) is 0 Å². The third-order valence-electron chi connectivity index (χ3n) is 2.93. The highest BCUT2D eigenvalue weighted by Gasteiger charge is 2.11. The summed E-state index contributed by atoms with van der Waals surface area (Å²) in [6.07, 6.45) is 0. The molecule has 0 saturated heterocycles. The van der Waals surface area contributed by atoms with Gasteiger partial charge in [-0.2, -0.15) is 0 Å². The summed E-state index contributed by atoms with van der Waals surface area (Å²) in [5.41, 5.74) is 7.11. The third kappa shape index (κ3) is 3.47. The molecular formula is C14H16ClFN2S. The first-order chi connectivity index (χ1) is 8.97. The number of nitrogens with zero attached hydrogens (tertiary/aromatic N) is 1. The van der Waals surface area contributed by atoms with E-state index in [1.165, 1.54) is 17.4 Å². The normalized spacial score (nSPS) is 12.5. The SMILES string of the molecule is CC(N)c1ccc(N(C)Cc2ccc(Cl)s2)c(F)c1. The molecule has 1 atom stereocenters. The smallest absolute Gasteiger partial charge is 0.146 e. The van der Waals surface area contributed by atoms with Crippen LogP contribution in [-0.2, 0) is 6.54 Å². The Labute approximate surface area is 121 Å². The quantitative estimate of drug-likeness (QED) is 0.917. The van der Waals surface area contributed by atoms with E-state index >= 15 is 0 Å². The highest BCUT2D eigenvalue weighted by molar-refractivity contribution is 7.16. The first kappa shape index (κ1) is 14.3. The van der Waals surface area contributed by atoms with Gasteiger partial charge >= 0.3 is 0 Å². The molecule has 0 aliphatic rings. The summed E-state index contributed by atoms with van der Waals surface area (Å²) in [7, 11) is 1.86. The average Bonchev–Trinajstić information content (AvgIpc) is 2.74. The van der Waals surface area contributed by atoms with Crippen molar-refractivity contribution in [2.75, 3.05) is 11.9 Å². The summed E-state index contributed by atoms with van der Waals surface area (Å²) in [5.74, 6) is -0.250. The average molecular weight is 299 g/mol. The van der Waals surface area contributed by atoms with Gasteiger partial charge in [-0.05, 0) is 36.8 Å². The van der Waals surface area contributed by atoms with Gasteiger partial charge in [0.2, 0.25) is 0 Å². The maximum absolute atomic E-state index is 14.0. The zero-order chi connectivity index (χ0) is 14.0. The Hall–Kier alpha value is -1.10. The number of nitrogens with two attached hydrogens (primary N) is 1. The van der Waals surface area contributed by atoms with Gasteiger partial charge in [0.1, 0.15) is 5.82 Å². The van der Waals surface area contributed by atoms with Crippen molar-refractivity contribution in [3.05, 3.63) is 50.9 Å². The van der Waals surface area contributed by atoms with E-state index < -0.39 is 0 Å². The fraction of sp³-hybridized carbons (Fsp3) is 0.286.